The molecule has 1 aromatic rings. The SMILES string of the molecule is C=CCOC(=O)N1CCC(NC(=O)c2ccccc2)C1. The van der Waals surface area contributed by atoms with Crippen molar-refractivity contribution in [1.29, 1.82) is 0 Å². The third-order valence-corrected chi connectivity index (χ3v) is 3.14. The lowest BCUT2D eigenvalue weighted by Gasteiger charge is -2.16. The van der Waals surface area contributed by atoms with E-state index in [1.54, 1.807) is 17.0 Å². The van der Waals surface area contributed by atoms with Crippen molar-refractivity contribution in [3.8, 4) is 0 Å². The first-order valence-corrected chi connectivity index (χ1v) is 6.59. The van der Waals surface area contributed by atoms with E-state index >= 15 is 0 Å². The number of carbonyl (C=O) groups excluding carboxylic acids is 2. The number of amides is 2. The number of nitrogens with one attached hydrogen (secondary N) is 1. The first-order valence-electron chi connectivity index (χ1n) is 6.59. The molecule has 1 heterocycles. The molecule has 1 aliphatic heterocycles. The van der Waals surface area contributed by atoms with Gasteiger partial charge in [0.1, 0.15) is 6.61 Å². The second-order valence-electron chi connectivity index (χ2n) is 4.64. The molecule has 2 amide bonds. The smallest absolute Gasteiger partial charge is 0.410 e. The van der Waals surface area contributed by atoms with Crippen molar-refractivity contribution in [2.75, 3.05) is 19.7 Å². The van der Waals surface area contributed by atoms with E-state index in [1.165, 1.54) is 6.08 Å². The van der Waals surface area contributed by atoms with Crippen LogP contribution in [0.15, 0.2) is 43.0 Å². The third kappa shape index (κ3) is 3.60. The fourth-order valence-corrected chi connectivity index (χ4v) is 2.12. The van der Waals surface area contributed by atoms with Gasteiger partial charge in [0.25, 0.3) is 5.91 Å². The average Bonchev–Trinajstić information content (AvgIpc) is 2.94. The zero-order valence-corrected chi connectivity index (χ0v) is 11.2. The summed E-state index contributed by atoms with van der Waals surface area (Å²) in [4.78, 5) is 25.2. The summed E-state index contributed by atoms with van der Waals surface area (Å²) in [5, 5.41) is 2.93. The molecule has 5 heteroatoms. The summed E-state index contributed by atoms with van der Waals surface area (Å²) in [5.74, 6) is -0.114. The highest BCUT2D eigenvalue weighted by Crippen LogP contribution is 2.11. The van der Waals surface area contributed by atoms with E-state index in [4.69, 9.17) is 4.74 Å². The second kappa shape index (κ2) is 6.75. The maximum atomic E-state index is 12.0. The molecule has 0 bridgehead atoms. The van der Waals surface area contributed by atoms with E-state index in [-0.39, 0.29) is 24.6 Å². The largest absolute Gasteiger partial charge is 0.445 e. The van der Waals surface area contributed by atoms with Gasteiger partial charge in [-0.05, 0) is 18.6 Å². The van der Waals surface area contributed by atoms with Gasteiger partial charge in [-0.3, -0.25) is 4.79 Å². The molecule has 106 valence electrons. The molecule has 1 aliphatic rings. The van der Waals surface area contributed by atoms with Gasteiger partial charge in [0, 0.05) is 24.7 Å². The molecule has 1 unspecified atom stereocenters. The predicted molar refractivity (Wildman–Crippen MR) is 75.4 cm³/mol. The first-order chi connectivity index (χ1) is 9.70. The number of ether oxygens (including phenoxy) is 1. The Hall–Kier alpha value is -2.30. The van der Waals surface area contributed by atoms with Gasteiger partial charge in [-0.25, -0.2) is 4.79 Å². The Morgan fingerprint density at radius 2 is 2.15 bits per heavy atom. The molecule has 0 spiro atoms. The van der Waals surface area contributed by atoms with Crippen molar-refractivity contribution in [1.82, 2.24) is 10.2 Å². The summed E-state index contributed by atoms with van der Waals surface area (Å²) in [6.07, 6.45) is 1.91. The monoisotopic (exact) mass is 274 g/mol. The van der Waals surface area contributed by atoms with Crippen LogP contribution in [0.2, 0.25) is 0 Å². The lowest BCUT2D eigenvalue weighted by atomic mass is 10.2. The van der Waals surface area contributed by atoms with Crippen molar-refractivity contribution in [3.05, 3.63) is 48.6 Å². The first kappa shape index (κ1) is 14.1. The lowest BCUT2D eigenvalue weighted by Crippen LogP contribution is -2.38. The van der Waals surface area contributed by atoms with Crippen LogP contribution in [-0.4, -0.2) is 42.6 Å². The van der Waals surface area contributed by atoms with E-state index in [9.17, 15) is 9.59 Å². The normalized spacial score (nSPS) is 17.6. The highest BCUT2D eigenvalue weighted by Gasteiger charge is 2.28. The van der Waals surface area contributed by atoms with Crippen LogP contribution >= 0.6 is 0 Å². The van der Waals surface area contributed by atoms with Gasteiger partial charge in [0.15, 0.2) is 0 Å². The summed E-state index contributed by atoms with van der Waals surface area (Å²) < 4.78 is 4.97. The molecule has 0 aromatic heterocycles. The number of nitrogens with zero attached hydrogens (tertiary/aromatic N) is 1. The molecule has 20 heavy (non-hydrogen) atoms. The molecule has 1 atom stereocenters. The molecule has 2 rings (SSSR count). The zero-order valence-electron chi connectivity index (χ0n) is 11.2. The molecule has 0 aliphatic carbocycles. The minimum atomic E-state index is -0.360. The van der Waals surface area contributed by atoms with Crippen molar-refractivity contribution < 1.29 is 14.3 Å². The highest BCUT2D eigenvalue weighted by molar-refractivity contribution is 5.94. The van der Waals surface area contributed by atoms with Crippen LogP contribution in [0.5, 0.6) is 0 Å². The van der Waals surface area contributed by atoms with Gasteiger partial charge >= 0.3 is 6.09 Å². The van der Waals surface area contributed by atoms with Crippen LogP contribution in [0, 0.1) is 0 Å². The molecule has 0 saturated carbocycles. The van der Waals surface area contributed by atoms with Gasteiger partial charge in [0.05, 0.1) is 0 Å². The molecule has 1 saturated heterocycles. The number of rotatable bonds is 4. The van der Waals surface area contributed by atoms with Gasteiger partial charge in [0.2, 0.25) is 0 Å². The Morgan fingerprint density at radius 1 is 1.40 bits per heavy atom. The minimum Gasteiger partial charge on any atom is -0.445 e. The minimum absolute atomic E-state index is 0.0287. The predicted octanol–water partition coefficient (Wildman–Crippen LogP) is 1.81. The van der Waals surface area contributed by atoms with Crippen molar-refractivity contribution >= 4 is 12.0 Å². The van der Waals surface area contributed by atoms with E-state index in [2.05, 4.69) is 11.9 Å². The molecular formula is C15H18N2O3. The molecule has 1 aromatic carbocycles. The number of likely N-dealkylation sites (tertiary alicyclic amines) is 1. The molecular weight excluding hydrogens is 256 g/mol. The molecule has 1 fully saturated rings. The van der Waals surface area contributed by atoms with Gasteiger partial charge in [-0.2, -0.15) is 0 Å². The quantitative estimate of drug-likeness (QED) is 0.852. The van der Waals surface area contributed by atoms with Gasteiger partial charge < -0.3 is 15.0 Å². The van der Waals surface area contributed by atoms with Crippen LogP contribution in [0.4, 0.5) is 4.79 Å². The standard InChI is InChI=1S/C15H18N2O3/c1-2-10-20-15(19)17-9-8-13(11-17)16-14(18)12-6-4-3-5-7-12/h2-7,13H,1,8-11H2,(H,16,18). The summed E-state index contributed by atoms with van der Waals surface area (Å²) in [7, 11) is 0. The summed E-state index contributed by atoms with van der Waals surface area (Å²) in [5.41, 5.74) is 0.625. The Morgan fingerprint density at radius 3 is 2.85 bits per heavy atom. The summed E-state index contributed by atoms with van der Waals surface area (Å²) in [6, 6.07) is 9.01. The Labute approximate surface area is 118 Å². The van der Waals surface area contributed by atoms with Gasteiger partial charge in [-0.1, -0.05) is 30.9 Å². The number of carbonyl (C=O) groups is 2. The van der Waals surface area contributed by atoms with E-state index < -0.39 is 0 Å². The molecule has 1 N–H and O–H groups in total. The fraction of sp³-hybridized carbons (Fsp3) is 0.333. The van der Waals surface area contributed by atoms with Crippen LogP contribution in [0.25, 0.3) is 0 Å². The second-order valence-corrected chi connectivity index (χ2v) is 4.64. The van der Waals surface area contributed by atoms with Crippen LogP contribution < -0.4 is 5.32 Å². The van der Waals surface area contributed by atoms with Crippen molar-refractivity contribution in [2.45, 2.75) is 12.5 Å². The topological polar surface area (TPSA) is 58.6 Å². The average molecular weight is 274 g/mol. The Kier molecular flexibility index (Phi) is 4.76. The van der Waals surface area contributed by atoms with Crippen molar-refractivity contribution in [3.63, 3.8) is 0 Å². The van der Waals surface area contributed by atoms with Gasteiger partial charge in [-0.15, -0.1) is 0 Å². The van der Waals surface area contributed by atoms with Crippen LogP contribution in [0.3, 0.4) is 0 Å². The van der Waals surface area contributed by atoms with E-state index in [1.807, 2.05) is 18.2 Å². The fourth-order valence-electron chi connectivity index (χ4n) is 2.12. The Balaban J connectivity index is 1.83. The highest BCUT2D eigenvalue weighted by atomic mass is 16.6. The third-order valence-electron chi connectivity index (χ3n) is 3.14. The molecule has 0 radical (unpaired) electrons. The number of benzene rings is 1. The Bertz CT molecular complexity index is 487. The van der Waals surface area contributed by atoms with Crippen molar-refractivity contribution in [2.24, 2.45) is 0 Å². The van der Waals surface area contributed by atoms with Crippen LogP contribution in [-0.2, 0) is 4.74 Å². The maximum Gasteiger partial charge on any atom is 0.410 e. The zero-order chi connectivity index (χ0) is 14.4. The van der Waals surface area contributed by atoms with E-state index in [0.717, 1.165) is 6.42 Å². The molecule has 5 nitrogen and oxygen atoms in total. The summed E-state index contributed by atoms with van der Waals surface area (Å²) >= 11 is 0. The lowest BCUT2D eigenvalue weighted by molar-refractivity contribution is 0.0932. The summed E-state index contributed by atoms with van der Waals surface area (Å²) in [6.45, 7) is 4.77. The maximum absolute atomic E-state index is 12.0. The number of hydrogen-bond acceptors (Lipinski definition) is 3. The van der Waals surface area contributed by atoms with E-state index in [0.29, 0.717) is 18.7 Å². The van der Waals surface area contributed by atoms with Crippen LogP contribution in [0.1, 0.15) is 16.8 Å². The number of hydrogen-bond donors (Lipinski definition) is 1.